The number of hydrogen-bond acceptors (Lipinski definition) is 6. The molecule has 0 bridgehead atoms. The van der Waals surface area contributed by atoms with Gasteiger partial charge in [0.15, 0.2) is 5.41 Å². The molecule has 156 valence electrons. The maximum absolute atomic E-state index is 13.6. The standard InChI is InChI=1S/C23H28O4S2/c1-2-26-20(24)23-17-10-5-4-9-16(17)22(28-12-7-13-29-22)14-18(23)15-8-3-6-11-19(15)27-21(23)25/h3,6,8,11,16-18H,2,4-5,7,9-10,12-14H2,1H3. The van der Waals surface area contributed by atoms with Crippen LogP contribution in [-0.4, -0.2) is 34.1 Å². The largest absolute Gasteiger partial charge is 0.465 e. The molecule has 4 unspecified atom stereocenters. The third kappa shape index (κ3) is 2.81. The fourth-order valence-corrected chi connectivity index (χ4v) is 10.1. The molecule has 1 aromatic carbocycles. The highest BCUT2D eigenvalue weighted by atomic mass is 32.2. The van der Waals surface area contributed by atoms with Gasteiger partial charge in [0, 0.05) is 5.92 Å². The van der Waals surface area contributed by atoms with Crippen molar-refractivity contribution in [3.05, 3.63) is 29.8 Å². The Hall–Kier alpha value is -1.14. The molecule has 6 heteroatoms. The van der Waals surface area contributed by atoms with Crippen molar-refractivity contribution in [2.45, 2.75) is 55.4 Å². The zero-order valence-electron chi connectivity index (χ0n) is 16.9. The third-order valence-corrected chi connectivity index (χ3v) is 11.0. The second-order valence-corrected chi connectivity index (χ2v) is 11.7. The van der Waals surface area contributed by atoms with Crippen LogP contribution < -0.4 is 4.74 Å². The number of benzene rings is 1. The van der Waals surface area contributed by atoms with Crippen molar-refractivity contribution in [1.29, 1.82) is 0 Å². The van der Waals surface area contributed by atoms with E-state index in [-0.39, 0.29) is 34.5 Å². The van der Waals surface area contributed by atoms with Gasteiger partial charge in [0.25, 0.3) is 0 Å². The molecule has 4 aliphatic rings. The number of carbonyl (C=O) groups excluding carboxylic acids is 2. The zero-order chi connectivity index (χ0) is 20.1. The second kappa shape index (κ2) is 7.52. The van der Waals surface area contributed by atoms with Crippen LogP contribution in [0.15, 0.2) is 24.3 Å². The van der Waals surface area contributed by atoms with Gasteiger partial charge in [-0.15, -0.1) is 23.5 Å². The van der Waals surface area contributed by atoms with Crippen molar-refractivity contribution in [2.75, 3.05) is 18.1 Å². The minimum absolute atomic E-state index is 0.00648. The topological polar surface area (TPSA) is 52.6 Å². The molecule has 0 N–H and O–H groups in total. The smallest absolute Gasteiger partial charge is 0.329 e. The van der Waals surface area contributed by atoms with Gasteiger partial charge in [-0.3, -0.25) is 9.59 Å². The normalized spacial score (nSPS) is 35.1. The first-order chi connectivity index (χ1) is 14.1. The number of fused-ring (bicyclic) bond motifs is 6. The Labute approximate surface area is 180 Å². The summed E-state index contributed by atoms with van der Waals surface area (Å²) in [7, 11) is 0. The minimum Gasteiger partial charge on any atom is -0.465 e. The second-order valence-electron chi connectivity index (χ2n) is 8.63. The van der Waals surface area contributed by atoms with Gasteiger partial charge < -0.3 is 9.47 Å². The maximum atomic E-state index is 13.6. The predicted octanol–water partition coefficient (Wildman–Crippen LogP) is 5.02. The van der Waals surface area contributed by atoms with E-state index in [0.29, 0.717) is 11.7 Å². The molecule has 4 nitrogen and oxygen atoms in total. The van der Waals surface area contributed by atoms with E-state index in [4.69, 9.17) is 9.47 Å². The van der Waals surface area contributed by atoms with Crippen LogP contribution in [0.4, 0.5) is 0 Å². The number of carbonyl (C=O) groups is 2. The van der Waals surface area contributed by atoms with Gasteiger partial charge in [0.1, 0.15) is 5.75 Å². The van der Waals surface area contributed by atoms with Gasteiger partial charge in [0.2, 0.25) is 0 Å². The molecule has 0 radical (unpaired) electrons. The summed E-state index contributed by atoms with van der Waals surface area (Å²) < 4.78 is 11.5. The third-order valence-electron chi connectivity index (χ3n) is 7.38. The van der Waals surface area contributed by atoms with Crippen molar-refractivity contribution in [1.82, 2.24) is 0 Å². The van der Waals surface area contributed by atoms with E-state index in [9.17, 15) is 9.59 Å². The Morgan fingerprint density at radius 2 is 1.86 bits per heavy atom. The first-order valence-electron chi connectivity index (χ1n) is 10.9. The number of hydrogen-bond donors (Lipinski definition) is 0. The van der Waals surface area contributed by atoms with Crippen molar-refractivity contribution >= 4 is 35.5 Å². The first-order valence-corrected chi connectivity index (χ1v) is 12.9. The Morgan fingerprint density at radius 3 is 2.62 bits per heavy atom. The average Bonchev–Trinajstić information content (AvgIpc) is 2.75. The number of thioether (sulfide) groups is 2. The van der Waals surface area contributed by atoms with E-state index < -0.39 is 5.41 Å². The van der Waals surface area contributed by atoms with Gasteiger partial charge in [0.05, 0.1) is 10.7 Å². The van der Waals surface area contributed by atoms with Gasteiger partial charge in [-0.1, -0.05) is 31.0 Å². The zero-order valence-corrected chi connectivity index (χ0v) is 18.5. The molecule has 2 saturated carbocycles. The highest BCUT2D eigenvalue weighted by Crippen LogP contribution is 2.69. The van der Waals surface area contributed by atoms with Crippen LogP contribution in [-0.2, 0) is 14.3 Å². The molecule has 0 amide bonds. The lowest BCUT2D eigenvalue weighted by molar-refractivity contribution is -0.183. The minimum atomic E-state index is -1.20. The molecule has 2 aliphatic carbocycles. The van der Waals surface area contributed by atoms with E-state index in [1.165, 1.54) is 24.3 Å². The Balaban J connectivity index is 1.71. The highest BCUT2D eigenvalue weighted by molar-refractivity contribution is 8.18. The first kappa shape index (κ1) is 19.8. The van der Waals surface area contributed by atoms with Gasteiger partial charge >= 0.3 is 11.9 Å². The van der Waals surface area contributed by atoms with E-state index in [0.717, 1.165) is 31.2 Å². The summed E-state index contributed by atoms with van der Waals surface area (Å²) in [6.07, 6.45) is 6.32. The van der Waals surface area contributed by atoms with Crippen LogP contribution in [0.1, 0.15) is 56.9 Å². The summed E-state index contributed by atoms with van der Waals surface area (Å²) in [5, 5.41) is 0. The van der Waals surface area contributed by atoms with Crippen molar-refractivity contribution in [3.63, 3.8) is 0 Å². The number of rotatable bonds is 2. The summed E-state index contributed by atoms with van der Waals surface area (Å²) >= 11 is 4.17. The summed E-state index contributed by atoms with van der Waals surface area (Å²) in [5.74, 6) is 2.40. The SMILES string of the molecule is CCOC(=O)C12C(=O)Oc3ccccc3C1CC1(SCCCS1)C1CCCCC12. The van der Waals surface area contributed by atoms with E-state index >= 15 is 0 Å². The van der Waals surface area contributed by atoms with Crippen LogP contribution >= 0.6 is 23.5 Å². The van der Waals surface area contributed by atoms with Crippen LogP contribution in [0, 0.1) is 17.3 Å². The molecule has 1 aromatic rings. The fraction of sp³-hybridized carbons (Fsp3) is 0.652. The molecule has 0 aromatic heterocycles. The summed E-state index contributed by atoms with van der Waals surface area (Å²) in [4.78, 5) is 27.2. The number of ether oxygens (including phenoxy) is 2. The Morgan fingerprint density at radius 1 is 1.14 bits per heavy atom. The molecule has 5 rings (SSSR count). The van der Waals surface area contributed by atoms with Crippen LogP contribution in [0.3, 0.4) is 0 Å². The van der Waals surface area contributed by atoms with E-state index in [1.54, 1.807) is 0 Å². The van der Waals surface area contributed by atoms with Gasteiger partial charge in [-0.2, -0.15) is 0 Å². The lowest BCUT2D eigenvalue weighted by Crippen LogP contribution is -2.64. The van der Waals surface area contributed by atoms with Crippen LogP contribution in [0.2, 0.25) is 0 Å². The number of para-hydroxylation sites is 1. The van der Waals surface area contributed by atoms with E-state index in [2.05, 4.69) is 29.6 Å². The lowest BCUT2D eigenvalue weighted by atomic mass is 9.50. The monoisotopic (exact) mass is 432 g/mol. The van der Waals surface area contributed by atoms with Crippen LogP contribution in [0.25, 0.3) is 0 Å². The predicted molar refractivity (Wildman–Crippen MR) is 116 cm³/mol. The van der Waals surface area contributed by atoms with Crippen molar-refractivity contribution < 1.29 is 19.1 Å². The Bertz CT molecular complexity index is 819. The molecule has 2 heterocycles. The van der Waals surface area contributed by atoms with Gasteiger partial charge in [-0.25, -0.2) is 0 Å². The molecular formula is C23H28O4S2. The molecule has 4 atom stereocenters. The quantitative estimate of drug-likeness (QED) is 0.372. The average molecular weight is 433 g/mol. The molecule has 3 fully saturated rings. The van der Waals surface area contributed by atoms with Gasteiger partial charge in [-0.05, 0) is 67.6 Å². The van der Waals surface area contributed by atoms with Crippen LogP contribution in [0.5, 0.6) is 5.75 Å². The van der Waals surface area contributed by atoms with Crippen molar-refractivity contribution in [2.24, 2.45) is 17.3 Å². The number of esters is 2. The van der Waals surface area contributed by atoms with E-state index in [1.807, 2.05) is 25.1 Å². The summed E-state index contributed by atoms with van der Waals surface area (Å²) in [6.45, 7) is 2.11. The highest BCUT2D eigenvalue weighted by Gasteiger charge is 2.71. The fourth-order valence-electron chi connectivity index (χ4n) is 6.30. The van der Waals surface area contributed by atoms with Crippen molar-refractivity contribution in [3.8, 4) is 5.75 Å². The molecular weight excluding hydrogens is 404 g/mol. The molecule has 1 spiro atoms. The Kier molecular flexibility index (Phi) is 5.14. The molecule has 1 saturated heterocycles. The summed E-state index contributed by atoms with van der Waals surface area (Å²) in [5.41, 5.74) is -0.186. The maximum Gasteiger partial charge on any atom is 0.329 e. The molecule has 2 aliphatic heterocycles. The summed E-state index contributed by atoms with van der Waals surface area (Å²) in [6, 6.07) is 7.81. The molecule has 29 heavy (non-hydrogen) atoms. The lowest BCUT2D eigenvalue weighted by Gasteiger charge is -2.60.